The van der Waals surface area contributed by atoms with Gasteiger partial charge in [-0.05, 0) is 32.1 Å². The van der Waals surface area contributed by atoms with Crippen LogP contribution in [-0.4, -0.2) is 13.1 Å². The molecule has 0 aliphatic rings. The van der Waals surface area contributed by atoms with Crippen molar-refractivity contribution in [2.75, 3.05) is 13.1 Å². The van der Waals surface area contributed by atoms with E-state index in [9.17, 15) is 0 Å². The molecule has 0 radical (unpaired) electrons. The van der Waals surface area contributed by atoms with E-state index < -0.39 is 0 Å². The molecule has 17 heavy (non-hydrogen) atoms. The minimum Gasteiger partial charge on any atom is -0.389 e. The summed E-state index contributed by atoms with van der Waals surface area (Å²) in [6.45, 7) is 15.9. The van der Waals surface area contributed by atoms with E-state index in [-0.39, 0.29) is 0 Å². The van der Waals surface area contributed by atoms with E-state index in [2.05, 4.69) is 37.3 Å². The summed E-state index contributed by atoms with van der Waals surface area (Å²) in [4.78, 5) is 0. The van der Waals surface area contributed by atoms with Gasteiger partial charge < -0.3 is 10.6 Å². The van der Waals surface area contributed by atoms with Crippen LogP contribution in [0.2, 0.25) is 0 Å². The summed E-state index contributed by atoms with van der Waals surface area (Å²) >= 11 is 0. The van der Waals surface area contributed by atoms with Gasteiger partial charge in [-0.15, -0.1) is 6.58 Å². The molecular weight excluding hydrogens is 208 g/mol. The highest BCUT2D eigenvalue weighted by Crippen LogP contribution is 2.06. The summed E-state index contributed by atoms with van der Waals surface area (Å²) in [5.41, 5.74) is 2.27. The Morgan fingerprint density at radius 3 is 2.12 bits per heavy atom. The number of unbranched alkanes of at least 4 members (excludes halogenated alkanes) is 1. The van der Waals surface area contributed by atoms with Crippen molar-refractivity contribution < 1.29 is 0 Å². The first-order chi connectivity index (χ1) is 8.20. The van der Waals surface area contributed by atoms with Crippen LogP contribution in [0.25, 0.3) is 0 Å². The SMILES string of the molecule is C=CCCNC(=C)CCCC(=C)NCCCC. The standard InChI is InChI=1S/C15H28N2/c1-5-7-12-16-14(3)10-9-11-15(4)17-13-8-6-2/h5,16-17H,1,3-4,6-13H2,2H3. The summed E-state index contributed by atoms with van der Waals surface area (Å²) in [6, 6.07) is 0. The van der Waals surface area contributed by atoms with E-state index in [0.29, 0.717) is 0 Å². The van der Waals surface area contributed by atoms with Gasteiger partial charge in [0, 0.05) is 24.5 Å². The molecule has 0 aromatic heterocycles. The molecule has 0 rings (SSSR count). The number of hydrogen-bond donors (Lipinski definition) is 2. The predicted octanol–water partition coefficient (Wildman–Crippen LogP) is 3.74. The average molecular weight is 236 g/mol. The lowest BCUT2D eigenvalue weighted by Gasteiger charge is -2.11. The van der Waals surface area contributed by atoms with Crippen molar-refractivity contribution in [3.05, 3.63) is 37.2 Å². The highest BCUT2D eigenvalue weighted by molar-refractivity contribution is 4.95. The lowest BCUT2D eigenvalue weighted by Crippen LogP contribution is -2.15. The van der Waals surface area contributed by atoms with Crippen LogP contribution in [0.3, 0.4) is 0 Å². The highest BCUT2D eigenvalue weighted by Gasteiger charge is 1.96. The fourth-order valence-corrected chi connectivity index (χ4v) is 1.48. The zero-order valence-electron chi connectivity index (χ0n) is 11.4. The van der Waals surface area contributed by atoms with Gasteiger partial charge in [-0.2, -0.15) is 0 Å². The van der Waals surface area contributed by atoms with Gasteiger partial charge >= 0.3 is 0 Å². The van der Waals surface area contributed by atoms with Gasteiger partial charge in [-0.25, -0.2) is 0 Å². The van der Waals surface area contributed by atoms with Crippen LogP contribution in [0.1, 0.15) is 45.4 Å². The second kappa shape index (κ2) is 11.3. The molecule has 0 saturated heterocycles. The molecule has 0 aliphatic heterocycles. The lowest BCUT2D eigenvalue weighted by atomic mass is 10.1. The van der Waals surface area contributed by atoms with Gasteiger partial charge in [0.15, 0.2) is 0 Å². The molecule has 0 spiro atoms. The molecule has 2 nitrogen and oxygen atoms in total. The van der Waals surface area contributed by atoms with E-state index in [1.165, 1.54) is 12.8 Å². The van der Waals surface area contributed by atoms with Gasteiger partial charge in [0.1, 0.15) is 0 Å². The van der Waals surface area contributed by atoms with Crippen LogP contribution in [0.5, 0.6) is 0 Å². The van der Waals surface area contributed by atoms with E-state index in [1.807, 2.05) is 6.08 Å². The topological polar surface area (TPSA) is 24.1 Å². The monoisotopic (exact) mass is 236 g/mol. The Balaban J connectivity index is 3.39. The molecule has 2 heteroatoms. The molecule has 0 bridgehead atoms. The Morgan fingerprint density at radius 1 is 1.00 bits per heavy atom. The molecule has 0 aromatic carbocycles. The fourth-order valence-electron chi connectivity index (χ4n) is 1.48. The lowest BCUT2D eigenvalue weighted by molar-refractivity contribution is 0.655. The van der Waals surface area contributed by atoms with Gasteiger partial charge in [0.25, 0.3) is 0 Å². The van der Waals surface area contributed by atoms with E-state index in [0.717, 1.165) is 50.2 Å². The molecule has 0 fully saturated rings. The summed E-state index contributed by atoms with van der Waals surface area (Å²) in [5, 5.41) is 6.65. The maximum atomic E-state index is 4.02. The largest absolute Gasteiger partial charge is 0.389 e. The Bertz CT molecular complexity index is 231. The Kier molecular flexibility index (Phi) is 10.5. The van der Waals surface area contributed by atoms with Crippen LogP contribution in [0.15, 0.2) is 37.2 Å². The number of rotatable bonds is 12. The van der Waals surface area contributed by atoms with Crippen molar-refractivity contribution in [3.8, 4) is 0 Å². The molecule has 0 saturated carbocycles. The van der Waals surface area contributed by atoms with Crippen LogP contribution in [0.4, 0.5) is 0 Å². The first-order valence-electron chi connectivity index (χ1n) is 6.64. The third kappa shape index (κ3) is 11.1. The molecule has 0 amide bonds. The molecular formula is C15H28N2. The molecule has 0 heterocycles. The first kappa shape index (κ1) is 15.8. The van der Waals surface area contributed by atoms with Gasteiger partial charge in [-0.1, -0.05) is 32.6 Å². The number of hydrogen-bond acceptors (Lipinski definition) is 2. The van der Waals surface area contributed by atoms with Crippen LogP contribution < -0.4 is 10.6 Å². The second-order valence-corrected chi connectivity index (χ2v) is 4.35. The zero-order valence-corrected chi connectivity index (χ0v) is 11.4. The van der Waals surface area contributed by atoms with Crippen LogP contribution in [-0.2, 0) is 0 Å². The van der Waals surface area contributed by atoms with Crippen molar-refractivity contribution in [1.82, 2.24) is 10.6 Å². The Hall–Kier alpha value is -1.18. The van der Waals surface area contributed by atoms with Crippen LogP contribution >= 0.6 is 0 Å². The maximum absolute atomic E-state index is 4.02. The maximum Gasteiger partial charge on any atom is 0.0178 e. The molecule has 0 aliphatic carbocycles. The first-order valence-corrected chi connectivity index (χ1v) is 6.64. The molecule has 0 aromatic rings. The summed E-state index contributed by atoms with van der Waals surface area (Å²) in [5.74, 6) is 0. The average Bonchev–Trinajstić information content (AvgIpc) is 2.30. The summed E-state index contributed by atoms with van der Waals surface area (Å²) < 4.78 is 0. The smallest absolute Gasteiger partial charge is 0.0178 e. The van der Waals surface area contributed by atoms with E-state index >= 15 is 0 Å². The van der Waals surface area contributed by atoms with Crippen molar-refractivity contribution in [2.45, 2.75) is 45.4 Å². The molecule has 0 unspecified atom stereocenters. The van der Waals surface area contributed by atoms with Crippen molar-refractivity contribution >= 4 is 0 Å². The third-order valence-electron chi connectivity index (χ3n) is 2.59. The quantitative estimate of drug-likeness (QED) is 0.398. The fraction of sp³-hybridized carbons (Fsp3) is 0.600. The number of allylic oxidation sites excluding steroid dienone is 2. The van der Waals surface area contributed by atoms with E-state index in [4.69, 9.17) is 0 Å². The molecule has 98 valence electrons. The van der Waals surface area contributed by atoms with E-state index in [1.54, 1.807) is 0 Å². The second-order valence-electron chi connectivity index (χ2n) is 4.35. The van der Waals surface area contributed by atoms with Crippen LogP contribution in [0, 0.1) is 0 Å². The molecule has 0 atom stereocenters. The minimum absolute atomic E-state index is 0.942. The van der Waals surface area contributed by atoms with Gasteiger partial charge in [0.2, 0.25) is 0 Å². The highest BCUT2D eigenvalue weighted by atomic mass is 14.9. The van der Waals surface area contributed by atoms with Crippen molar-refractivity contribution in [2.24, 2.45) is 0 Å². The summed E-state index contributed by atoms with van der Waals surface area (Å²) in [7, 11) is 0. The molecule has 2 N–H and O–H groups in total. The van der Waals surface area contributed by atoms with Crippen molar-refractivity contribution in [3.63, 3.8) is 0 Å². The normalized spacial score (nSPS) is 9.71. The third-order valence-corrected chi connectivity index (χ3v) is 2.59. The Morgan fingerprint density at radius 2 is 1.59 bits per heavy atom. The van der Waals surface area contributed by atoms with Gasteiger partial charge in [-0.3, -0.25) is 0 Å². The van der Waals surface area contributed by atoms with Gasteiger partial charge in [0.05, 0.1) is 0 Å². The predicted molar refractivity (Wildman–Crippen MR) is 77.9 cm³/mol. The minimum atomic E-state index is 0.942. The van der Waals surface area contributed by atoms with Crippen molar-refractivity contribution in [1.29, 1.82) is 0 Å². The Labute approximate surface area is 107 Å². The zero-order chi connectivity index (χ0) is 12.9. The number of nitrogens with one attached hydrogen (secondary N) is 2. The summed E-state index contributed by atoms with van der Waals surface area (Å²) in [6.07, 6.45) is 8.51.